The van der Waals surface area contributed by atoms with Crippen molar-refractivity contribution in [3.8, 4) is 5.75 Å². The highest BCUT2D eigenvalue weighted by Gasteiger charge is 2.12. The predicted octanol–water partition coefficient (Wildman–Crippen LogP) is 3.23. The minimum atomic E-state index is 0.398. The summed E-state index contributed by atoms with van der Waals surface area (Å²) in [6.45, 7) is 11.5. The van der Waals surface area contributed by atoms with E-state index in [4.69, 9.17) is 4.74 Å². The van der Waals surface area contributed by atoms with E-state index in [1.54, 1.807) is 0 Å². The summed E-state index contributed by atoms with van der Waals surface area (Å²) in [5, 5.41) is 3.30. The van der Waals surface area contributed by atoms with Gasteiger partial charge in [-0.15, -0.1) is 0 Å². The number of aryl methyl sites for hydroxylation is 2. The second kappa shape index (κ2) is 6.06. The van der Waals surface area contributed by atoms with Crippen molar-refractivity contribution >= 4 is 0 Å². The van der Waals surface area contributed by atoms with Crippen LogP contribution in [0.4, 0.5) is 0 Å². The first-order chi connectivity index (χ1) is 7.95. The summed E-state index contributed by atoms with van der Waals surface area (Å²) in [7, 11) is 1.99. The molecule has 0 amide bonds. The molecule has 1 unspecified atom stereocenters. The van der Waals surface area contributed by atoms with Gasteiger partial charge in [0.1, 0.15) is 12.4 Å². The molecule has 0 bridgehead atoms. The Morgan fingerprint density at radius 2 is 1.82 bits per heavy atom. The van der Waals surface area contributed by atoms with Crippen molar-refractivity contribution in [2.75, 3.05) is 13.7 Å². The Kier molecular flexibility index (Phi) is 5.01. The van der Waals surface area contributed by atoms with Crippen molar-refractivity contribution in [2.45, 2.75) is 40.7 Å². The molecule has 0 saturated carbocycles. The molecule has 0 aromatic heterocycles. The van der Waals surface area contributed by atoms with Crippen LogP contribution in [0.1, 0.15) is 30.5 Å². The Labute approximate surface area is 105 Å². The van der Waals surface area contributed by atoms with E-state index in [1.165, 1.54) is 16.7 Å². The van der Waals surface area contributed by atoms with Gasteiger partial charge in [-0.2, -0.15) is 0 Å². The molecule has 0 aliphatic carbocycles. The average Bonchev–Trinajstić information content (AvgIpc) is 2.25. The standard InChI is InChI=1S/C15H25NO/c1-10(2)14(16-6)9-17-15-8-11(3)7-12(4)13(15)5/h7-8,10,14,16H,9H2,1-6H3. The predicted molar refractivity (Wildman–Crippen MR) is 73.8 cm³/mol. The van der Waals surface area contributed by atoms with E-state index in [0.717, 1.165) is 12.4 Å². The number of likely N-dealkylation sites (N-methyl/N-ethyl adjacent to an activating group) is 1. The highest BCUT2D eigenvalue weighted by Crippen LogP contribution is 2.23. The molecule has 0 fully saturated rings. The van der Waals surface area contributed by atoms with Gasteiger partial charge in [0.15, 0.2) is 0 Å². The third kappa shape index (κ3) is 3.74. The van der Waals surface area contributed by atoms with Crippen LogP contribution in [-0.4, -0.2) is 19.7 Å². The fourth-order valence-electron chi connectivity index (χ4n) is 1.94. The van der Waals surface area contributed by atoms with E-state index in [1.807, 2.05) is 7.05 Å². The lowest BCUT2D eigenvalue weighted by Gasteiger charge is -2.21. The first-order valence-corrected chi connectivity index (χ1v) is 6.33. The molecule has 1 N–H and O–H groups in total. The third-order valence-electron chi connectivity index (χ3n) is 3.36. The van der Waals surface area contributed by atoms with Gasteiger partial charge in [0, 0.05) is 6.04 Å². The van der Waals surface area contributed by atoms with Gasteiger partial charge in [-0.1, -0.05) is 19.9 Å². The number of nitrogens with one attached hydrogen (secondary N) is 1. The summed E-state index contributed by atoms with van der Waals surface area (Å²) < 4.78 is 5.95. The van der Waals surface area contributed by atoms with Crippen molar-refractivity contribution < 1.29 is 4.74 Å². The van der Waals surface area contributed by atoms with Crippen LogP contribution in [0.3, 0.4) is 0 Å². The number of benzene rings is 1. The molecule has 0 aliphatic heterocycles. The molecule has 0 heterocycles. The Hall–Kier alpha value is -1.02. The lowest BCUT2D eigenvalue weighted by atomic mass is 10.0. The summed E-state index contributed by atoms with van der Waals surface area (Å²) >= 11 is 0. The van der Waals surface area contributed by atoms with Crippen LogP contribution in [0.5, 0.6) is 5.75 Å². The normalized spacial score (nSPS) is 12.9. The van der Waals surface area contributed by atoms with Crippen molar-refractivity contribution in [2.24, 2.45) is 5.92 Å². The van der Waals surface area contributed by atoms with Gasteiger partial charge in [0.25, 0.3) is 0 Å². The van der Waals surface area contributed by atoms with E-state index in [0.29, 0.717) is 12.0 Å². The fourth-order valence-corrected chi connectivity index (χ4v) is 1.94. The maximum Gasteiger partial charge on any atom is 0.122 e. The van der Waals surface area contributed by atoms with Crippen LogP contribution in [0.25, 0.3) is 0 Å². The maximum atomic E-state index is 5.95. The minimum absolute atomic E-state index is 0.398. The SMILES string of the molecule is CNC(COc1cc(C)cc(C)c1C)C(C)C. The summed E-state index contributed by atoms with van der Waals surface area (Å²) in [6, 6.07) is 4.71. The van der Waals surface area contributed by atoms with Crippen molar-refractivity contribution in [1.82, 2.24) is 5.32 Å². The number of rotatable bonds is 5. The summed E-state index contributed by atoms with van der Waals surface area (Å²) in [5.41, 5.74) is 3.80. The van der Waals surface area contributed by atoms with Gasteiger partial charge < -0.3 is 10.1 Å². The van der Waals surface area contributed by atoms with E-state index < -0.39 is 0 Å². The maximum absolute atomic E-state index is 5.95. The van der Waals surface area contributed by atoms with Gasteiger partial charge in [-0.3, -0.25) is 0 Å². The molecule has 17 heavy (non-hydrogen) atoms. The Bertz CT molecular complexity index is 371. The van der Waals surface area contributed by atoms with E-state index >= 15 is 0 Å². The third-order valence-corrected chi connectivity index (χ3v) is 3.36. The molecule has 1 aromatic carbocycles. The van der Waals surface area contributed by atoms with E-state index in [-0.39, 0.29) is 0 Å². The first-order valence-electron chi connectivity index (χ1n) is 6.33. The van der Waals surface area contributed by atoms with E-state index in [2.05, 4.69) is 52.1 Å². The average molecular weight is 235 g/mol. The number of ether oxygens (including phenoxy) is 1. The topological polar surface area (TPSA) is 21.3 Å². The number of hydrogen-bond acceptors (Lipinski definition) is 2. The van der Waals surface area contributed by atoms with Crippen molar-refractivity contribution in [3.05, 3.63) is 28.8 Å². The van der Waals surface area contributed by atoms with Crippen LogP contribution in [-0.2, 0) is 0 Å². The van der Waals surface area contributed by atoms with Crippen LogP contribution in [0, 0.1) is 26.7 Å². The molecule has 2 nitrogen and oxygen atoms in total. The Morgan fingerprint density at radius 3 is 2.35 bits per heavy atom. The first kappa shape index (κ1) is 14.0. The zero-order chi connectivity index (χ0) is 13.0. The second-order valence-corrected chi connectivity index (χ2v) is 5.16. The smallest absolute Gasteiger partial charge is 0.122 e. The molecule has 1 aromatic rings. The molecule has 1 rings (SSSR count). The lowest BCUT2D eigenvalue weighted by molar-refractivity contribution is 0.236. The van der Waals surface area contributed by atoms with Gasteiger partial charge in [-0.25, -0.2) is 0 Å². The monoisotopic (exact) mass is 235 g/mol. The molecular weight excluding hydrogens is 210 g/mol. The van der Waals surface area contributed by atoms with Crippen molar-refractivity contribution in [3.63, 3.8) is 0 Å². The van der Waals surface area contributed by atoms with Crippen molar-refractivity contribution in [1.29, 1.82) is 0 Å². The summed E-state index contributed by atoms with van der Waals surface area (Å²) in [4.78, 5) is 0. The van der Waals surface area contributed by atoms with Gasteiger partial charge in [-0.05, 0) is 56.5 Å². The van der Waals surface area contributed by atoms with Gasteiger partial charge in [0.05, 0.1) is 0 Å². The Balaban J connectivity index is 2.75. The highest BCUT2D eigenvalue weighted by atomic mass is 16.5. The van der Waals surface area contributed by atoms with E-state index in [9.17, 15) is 0 Å². The van der Waals surface area contributed by atoms with Gasteiger partial charge >= 0.3 is 0 Å². The molecular formula is C15H25NO. The zero-order valence-electron chi connectivity index (χ0n) is 11.9. The Morgan fingerprint density at radius 1 is 1.18 bits per heavy atom. The molecule has 1 atom stereocenters. The molecule has 96 valence electrons. The largest absolute Gasteiger partial charge is 0.492 e. The summed E-state index contributed by atoms with van der Waals surface area (Å²) in [6.07, 6.45) is 0. The quantitative estimate of drug-likeness (QED) is 0.846. The summed E-state index contributed by atoms with van der Waals surface area (Å²) in [5.74, 6) is 1.59. The second-order valence-electron chi connectivity index (χ2n) is 5.16. The molecule has 0 spiro atoms. The molecule has 0 saturated heterocycles. The van der Waals surface area contributed by atoms with Crippen LogP contribution in [0.2, 0.25) is 0 Å². The minimum Gasteiger partial charge on any atom is -0.492 e. The molecule has 2 heteroatoms. The van der Waals surface area contributed by atoms with Crippen LogP contribution < -0.4 is 10.1 Å². The number of hydrogen-bond donors (Lipinski definition) is 1. The fraction of sp³-hybridized carbons (Fsp3) is 0.600. The molecule has 0 aliphatic rings. The van der Waals surface area contributed by atoms with Crippen LogP contribution >= 0.6 is 0 Å². The highest BCUT2D eigenvalue weighted by molar-refractivity contribution is 5.41. The van der Waals surface area contributed by atoms with Gasteiger partial charge in [0.2, 0.25) is 0 Å². The zero-order valence-corrected chi connectivity index (χ0v) is 11.9. The van der Waals surface area contributed by atoms with Crippen LogP contribution in [0.15, 0.2) is 12.1 Å². The lowest BCUT2D eigenvalue weighted by Crippen LogP contribution is -2.36. The molecule has 0 radical (unpaired) electrons.